The van der Waals surface area contributed by atoms with E-state index >= 15 is 0 Å². The molecule has 0 bridgehead atoms. The monoisotopic (exact) mass is 343 g/mol. The van der Waals surface area contributed by atoms with Gasteiger partial charge in [0.25, 0.3) is 5.91 Å². The molecule has 25 heavy (non-hydrogen) atoms. The van der Waals surface area contributed by atoms with Crippen molar-refractivity contribution in [3.8, 4) is 0 Å². The van der Waals surface area contributed by atoms with E-state index in [0.717, 1.165) is 5.56 Å². The number of carboxylic acid groups (broad SMARTS) is 1. The third-order valence-corrected chi connectivity index (χ3v) is 3.49. The Bertz CT molecular complexity index is 730. The van der Waals surface area contributed by atoms with Crippen molar-refractivity contribution >= 4 is 17.6 Å². The van der Waals surface area contributed by atoms with Crippen molar-refractivity contribution < 1.29 is 24.2 Å². The molecule has 1 amide bonds. The molecule has 2 aromatic carbocycles. The standard InChI is InChI=1S/C19H21NO5/c1-3-25-17(14-7-5-4-6-8-14)18(21)20-16-10-13(12-24-2)9-15(11-16)19(22)23/h4-11,17H,3,12H2,1-2H3,(H,20,21)(H,22,23). The summed E-state index contributed by atoms with van der Waals surface area (Å²) in [6.07, 6.45) is -0.773. The van der Waals surface area contributed by atoms with Crippen molar-refractivity contribution in [1.82, 2.24) is 0 Å². The number of methoxy groups -OCH3 is 1. The van der Waals surface area contributed by atoms with Gasteiger partial charge in [0, 0.05) is 19.4 Å². The van der Waals surface area contributed by atoms with Gasteiger partial charge in [-0.05, 0) is 36.2 Å². The first-order valence-corrected chi connectivity index (χ1v) is 7.88. The molecule has 1 unspecified atom stereocenters. The Kier molecular flexibility index (Phi) is 6.68. The molecule has 0 aliphatic carbocycles. The summed E-state index contributed by atoms with van der Waals surface area (Å²) in [7, 11) is 1.52. The van der Waals surface area contributed by atoms with Gasteiger partial charge in [0.05, 0.1) is 12.2 Å². The Hall–Kier alpha value is -2.70. The SMILES string of the molecule is CCOC(C(=O)Nc1cc(COC)cc(C(=O)O)c1)c1ccccc1. The topological polar surface area (TPSA) is 84.9 Å². The Morgan fingerprint density at radius 3 is 2.48 bits per heavy atom. The van der Waals surface area contributed by atoms with Crippen molar-refractivity contribution in [3.05, 3.63) is 65.2 Å². The van der Waals surface area contributed by atoms with Crippen LogP contribution in [0.3, 0.4) is 0 Å². The summed E-state index contributed by atoms with van der Waals surface area (Å²) in [4.78, 5) is 23.9. The molecule has 0 saturated carbocycles. The van der Waals surface area contributed by atoms with Crippen LogP contribution in [0.2, 0.25) is 0 Å². The van der Waals surface area contributed by atoms with Gasteiger partial charge < -0.3 is 19.9 Å². The molecule has 6 nitrogen and oxygen atoms in total. The molecule has 0 spiro atoms. The number of aromatic carboxylic acids is 1. The van der Waals surface area contributed by atoms with Gasteiger partial charge in [0.1, 0.15) is 0 Å². The first-order chi connectivity index (χ1) is 12.0. The highest BCUT2D eigenvalue weighted by atomic mass is 16.5. The third-order valence-electron chi connectivity index (χ3n) is 3.49. The smallest absolute Gasteiger partial charge is 0.335 e. The molecule has 0 fully saturated rings. The Balaban J connectivity index is 2.26. The molecular formula is C19H21NO5. The van der Waals surface area contributed by atoms with E-state index < -0.39 is 12.1 Å². The first kappa shape index (κ1) is 18.6. The van der Waals surface area contributed by atoms with E-state index in [9.17, 15) is 14.7 Å². The van der Waals surface area contributed by atoms with Crippen LogP contribution in [0.4, 0.5) is 5.69 Å². The van der Waals surface area contributed by atoms with Crippen molar-refractivity contribution in [3.63, 3.8) is 0 Å². The summed E-state index contributed by atoms with van der Waals surface area (Å²) in [6.45, 7) is 2.43. The number of benzene rings is 2. The average Bonchev–Trinajstić information content (AvgIpc) is 2.60. The molecule has 0 aliphatic heterocycles. The number of ether oxygens (including phenoxy) is 2. The second-order valence-electron chi connectivity index (χ2n) is 5.39. The molecule has 6 heteroatoms. The normalized spacial score (nSPS) is 11.8. The number of hydrogen-bond acceptors (Lipinski definition) is 4. The number of anilines is 1. The van der Waals surface area contributed by atoms with Crippen LogP contribution in [-0.4, -0.2) is 30.7 Å². The molecule has 2 N–H and O–H groups in total. The third kappa shape index (κ3) is 5.14. The summed E-state index contributed by atoms with van der Waals surface area (Å²) >= 11 is 0. The van der Waals surface area contributed by atoms with Crippen molar-refractivity contribution in [2.45, 2.75) is 19.6 Å². The highest BCUT2D eigenvalue weighted by Crippen LogP contribution is 2.22. The van der Waals surface area contributed by atoms with Crippen LogP contribution < -0.4 is 5.32 Å². The molecule has 0 aliphatic rings. The quantitative estimate of drug-likeness (QED) is 0.768. The maximum absolute atomic E-state index is 12.6. The lowest BCUT2D eigenvalue weighted by Crippen LogP contribution is -2.23. The Morgan fingerprint density at radius 1 is 1.16 bits per heavy atom. The maximum Gasteiger partial charge on any atom is 0.335 e. The minimum Gasteiger partial charge on any atom is -0.478 e. The molecule has 132 valence electrons. The zero-order valence-corrected chi connectivity index (χ0v) is 14.2. The van der Waals surface area contributed by atoms with E-state index in [1.165, 1.54) is 19.2 Å². The number of hydrogen-bond donors (Lipinski definition) is 2. The summed E-state index contributed by atoms with van der Waals surface area (Å²) in [5.41, 5.74) is 1.86. The highest BCUT2D eigenvalue weighted by molar-refractivity contribution is 5.96. The number of rotatable bonds is 8. The molecule has 0 heterocycles. The fourth-order valence-electron chi connectivity index (χ4n) is 2.46. The fourth-order valence-corrected chi connectivity index (χ4v) is 2.46. The van der Waals surface area contributed by atoms with Gasteiger partial charge in [-0.2, -0.15) is 0 Å². The van der Waals surface area contributed by atoms with Gasteiger partial charge in [0.2, 0.25) is 0 Å². The molecule has 2 aromatic rings. The molecule has 0 aromatic heterocycles. The van der Waals surface area contributed by atoms with Crippen LogP contribution in [0.25, 0.3) is 0 Å². The van der Waals surface area contributed by atoms with E-state index in [-0.39, 0.29) is 18.1 Å². The molecule has 1 atom stereocenters. The zero-order chi connectivity index (χ0) is 18.2. The minimum atomic E-state index is -1.07. The summed E-state index contributed by atoms with van der Waals surface area (Å²) in [5.74, 6) is -1.43. The molecule has 0 radical (unpaired) electrons. The summed E-state index contributed by atoms with van der Waals surface area (Å²) in [5, 5.41) is 12.0. The largest absolute Gasteiger partial charge is 0.478 e. The van der Waals surface area contributed by atoms with Crippen molar-refractivity contribution in [2.24, 2.45) is 0 Å². The van der Waals surface area contributed by atoms with E-state index in [2.05, 4.69) is 5.32 Å². The van der Waals surface area contributed by atoms with Crippen LogP contribution >= 0.6 is 0 Å². The summed E-state index contributed by atoms with van der Waals surface area (Å²) in [6, 6.07) is 13.7. The lowest BCUT2D eigenvalue weighted by molar-refractivity contribution is -0.127. The number of nitrogens with one attached hydrogen (secondary N) is 1. The van der Waals surface area contributed by atoms with Crippen LogP contribution in [0.15, 0.2) is 48.5 Å². The fraction of sp³-hybridized carbons (Fsp3) is 0.263. The number of carbonyl (C=O) groups excluding carboxylic acids is 1. The van der Waals surface area contributed by atoms with Gasteiger partial charge in [-0.1, -0.05) is 30.3 Å². The number of carboxylic acids is 1. The maximum atomic E-state index is 12.6. The van der Waals surface area contributed by atoms with E-state index in [0.29, 0.717) is 17.9 Å². The number of amides is 1. The lowest BCUT2D eigenvalue weighted by Gasteiger charge is -2.18. The zero-order valence-electron chi connectivity index (χ0n) is 14.2. The van der Waals surface area contributed by atoms with Crippen molar-refractivity contribution in [1.29, 1.82) is 0 Å². The predicted molar refractivity (Wildman–Crippen MR) is 93.6 cm³/mol. The highest BCUT2D eigenvalue weighted by Gasteiger charge is 2.21. The van der Waals surface area contributed by atoms with E-state index in [1.807, 2.05) is 37.3 Å². The second-order valence-corrected chi connectivity index (χ2v) is 5.39. The average molecular weight is 343 g/mol. The van der Waals surface area contributed by atoms with Gasteiger partial charge in [-0.3, -0.25) is 4.79 Å². The van der Waals surface area contributed by atoms with Crippen molar-refractivity contribution in [2.75, 3.05) is 19.0 Å². The van der Waals surface area contributed by atoms with Gasteiger partial charge in [-0.25, -0.2) is 4.79 Å². The molecule has 0 saturated heterocycles. The van der Waals surface area contributed by atoms with Crippen LogP contribution in [-0.2, 0) is 20.9 Å². The number of carbonyl (C=O) groups is 2. The minimum absolute atomic E-state index is 0.0810. The van der Waals surface area contributed by atoms with Gasteiger partial charge in [0.15, 0.2) is 6.10 Å². The van der Waals surface area contributed by atoms with E-state index in [1.54, 1.807) is 6.07 Å². The first-order valence-electron chi connectivity index (χ1n) is 7.88. The van der Waals surface area contributed by atoms with Crippen LogP contribution in [0, 0.1) is 0 Å². The van der Waals surface area contributed by atoms with Crippen LogP contribution in [0.5, 0.6) is 0 Å². The van der Waals surface area contributed by atoms with E-state index in [4.69, 9.17) is 9.47 Å². The lowest BCUT2D eigenvalue weighted by atomic mass is 10.1. The Labute approximate surface area is 146 Å². The summed E-state index contributed by atoms with van der Waals surface area (Å²) < 4.78 is 10.6. The predicted octanol–water partition coefficient (Wildman–Crippen LogP) is 3.25. The Morgan fingerprint density at radius 2 is 1.88 bits per heavy atom. The molecule has 2 rings (SSSR count). The molecular weight excluding hydrogens is 322 g/mol. The second kappa shape index (κ2) is 8.96. The van der Waals surface area contributed by atoms with Gasteiger partial charge in [-0.15, -0.1) is 0 Å². The van der Waals surface area contributed by atoms with Crippen LogP contribution in [0.1, 0.15) is 34.5 Å². The van der Waals surface area contributed by atoms with Gasteiger partial charge >= 0.3 is 5.97 Å².